The van der Waals surface area contributed by atoms with E-state index in [1.807, 2.05) is 0 Å². The smallest absolute Gasteiger partial charge is 0.214 e. The molecule has 0 aliphatic heterocycles. The minimum Gasteiger partial charge on any atom is -0.343 e. The van der Waals surface area contributed by atoms with E-state index >= 15 is 0 Å². The summed E-state index contributed by atoms with van der Waals surface area (Å²) in [5.41, 5.74) is 0.218. The molecule has 0 bridgehead atoms. The molecule has 0 heterocycles. The van der Waals surface area contributed by atoms with Crippen molar-refractivity contribution in [2.75, 3.05) is 25.5 Å². The van der Waals surface area contributed by atoms with Crippen LogP contribution in [0.25, 0.3) is 0 Å². The Morgan fingerprint density at radius 1 is 0.793 bits per heavy atom. The lowest BCUT2D eigenvalue weighted by atomic mass is 9.86. The predicted octanol–water partition coefficient (Wildman–Crippen LogP) is 8.31. The lowest BCUT2D eigenvalue weighted by molar-refractivity contribution is 0.280. The molecular weight excluding hydrogens is 377 g/mol. The third kappa shape index (κ3) is 19.8. The second-order valence-electron chi connectivity index (χ2n) is 10.7. The van der Waals surface area contributed by atoms with Crippen molar-refractivity contribution in [2.24, 2.45) is 11.3 Å². The third-order valence-corrected chi connectivity index (χ3v) is 7.67. The maximum Gasteiger partial charge on any atom is 0.214 e. The topological polar surface area (TPSA) is 40.5 Å². The van der Waals surface area contributed by atoms with E-state index in [1.165, 1.54) is 64.2 Å². The average molecular weight is 432 g/mol. The van der Waals surface area contributed by atoms with Crippen LogP contribution >= 0.6 is 7.37 Å². The Balaban J connectivity index is 4.49. The van der Waals surface area contributed by atoms with Gasteiger partial charge in [-0.25, -0.2) is 0 Å². The van der Waals surface area contributed by atoms with Crippen molar-refractivity contribution < 1.29 is 9.46 Å². The van der Waals surface area contributed by atoms with E-state index in [-0.39, 0.29) is 5.41 Å². The molecule has 3 nitrogen and oxygen atoms in total. The number of hydrogen-bond donors (Lipinski definition) is 1. The van der Waals surface area contributed by atoms with Gasteiger partial charge >= 0.3 is 0 Å². The lowest BCUT2D eigenvalue weighted by Gasteiger charge is -2.28. The SMILES string of the molecule is CCCCCCCCN(CCCCCCCC)CP(=O)(O)CC(C)CC(C)(C)C. The van der Waals surface area contributed by atoms with Crippen LogP contribution in [0.4, 0.5) is 0 Å². The van der Waals surface area contributed by atoms with Crippen molar-refractivity contribution >= 4 is 7.37 Å². The van der Waals surface area contributed by atoms with Gasteiger partial charge in [-0.15, -0.1) is 0 Å². The van der Waals surface area contributed by atoms with Gasteiger partial charge in [0.05, 0.1) is 6.29 Å². The molecule has 0 saturated heterocycles. The summed E-state index contributed by atoms with van der Waals surface area (Å²) in [6.45, 7) is 15.3. The fourth-order valence-corrected chi connectivity index (χ4v) is 6.58. The lowest BCUT2D eigenvalue weighted by Crippen LogP contribution is -2.28. The van der Waals surface area contributed by atoms with Crippen molar-refractivity contribution in [3.8, 4) is 0 Å². The number of hydrogen-bond acceptors (Lipinski definition) is 2. The Labute approximate surface area is 183 Å². The van der Waals surface area contributed by atoms with Crippen LogP contribution in [-0.2, 0) is 4.57 Å². The fraction of sp³-hybridized carbons (Fsp3) is 1.00. The predicted molar refractivity (Wildman–Crippen MR) is 131 cm³/mol. The van der Waals surface area contributed by atoms with Gasteiger partial charge in [-0.05, 0) is 43.7 Å². The summed E-state index contributed by atoms with van der Waals surface area (Å²) in [4.78, 5) is 13.0. The molecular formula is C25H54NO2P. The third-order valence-electron chi connectivity index (χ3n) is 5.63. The van der Waals surface area contributed by atoms with Crippen molar-refractivity contribution in [3.63, 3.8) is 0 Å². The molecule has 0 aromatic heterocycles. The Kier molecular flexibility index (Phi) is 16.9. The highest BCUT2D eigenvalue weighted by molar-refractivity contribution is 7.57. The van der Waals surface area contributed by atoms with Gasteiger partial charge in [0.15, 0.2) is 0 Å². The molecule has 0 saturated carbocycles. The molecule has 1 N–H and O–H groups in total. The van der Waals surface area contributed by atoms with Gasteiger partial charge in [-0.2, -0.15) is 0 Å². The minimum atomic E-state index is -3.10. The van der Waals surface area contributed by atoms with Crippen LogP contribution in [0.5, 0.6) is 0 Å². The van der Waals surface area contributed by atoms with Gasteiger partial charge in [0.2, 0.25) is 7.37 Å². The number of nitrogens with zero attached hydrogens (tertiary/aromatic N) is 1. The Bertz CT molecular complexity index is 404. The highest BCUT2D eigenvalue weighted by Gasteiger charge is 2.27. The highest BCUT2D eigenvalue weighted by atomic mass is 31.2. The molecule has 0 aromatic rings. The summed E-state index contributed by atoms with van der Waals surface area (Å²) < 4.78 is 13.0. The number of unbranched alkanes of at least 4 members (excludes halogenated alkanes) is 10. The molecule has 0 amide bonds. The van der Waals surface area contributed by atoms with Gasteiger partial charge in [0.1, 0.15) is 0 Å². The molecule has 0 aliphatic rings. The molecule has 4 heteroatoms. The first kappa shape index (κ1) is 29.1. The minimum absolute atomic E-state index is 0.218. The summed E-state index contributed by atoms with van der Waals surface area (Å²) >= 11 is 0. The molecule has 29 heavy (non-hydrogen) atoms. The first-order valence-corrected chi connectivity index (χ1v) is 14.7. The summed E-state index contributed by atoms with van der Waals surface area (Å²) in [5, 5.41) is 0. The van der Waals surface area contributed by atoms with E-state index in [0.717, 1.165) is 32.4 Å². The first-order valence-electron chi connectivity index (χ1n) is 12.6. The van der Waals surface area contributed by atoms with Crippen LogP contribution in [0, 0.1) is 11.3 Å². The van der Waals surface area contributed by atoms with E-state index in [1.54, 1.807) is 0 Å². The van der Waals surface area contributed by atoms with Gasteiger partial charge in [0, 0.05) is 6.16 Å². The monoisotopic (exact) mass is 431 g/mol. The normalized spacial score (nSPS) is 15.6. The van der Waals surface area contributed by atoms with Gasteiger partial charge < -0.3 is 4.89 Å². The molecule has 0 spiro atoms. The largest absolute Gasteiger partial charge is 0.343 e. The molecule has 0 fully saturated rings. The standard InChI is InChI=1S/C25H54NO2P/c1-7-9-11-13-15-17-19-26(20-18-16-14-12-10-8-2)23-29(27,28)22-24(3)21-25(4,5)6/h24H,7-23H2,1-6H3,(H,27,28). The van der Waals surface area contributed by atoms with Crippen molar-refractivity contribution in [1.29, 1.82) is 0 Å². The second-order valence-corrected chi connectivity index (χ2v) is 13.0. The van der Waals surface area contributed by atoms with Crippen LogP contribution in [0.3, 0.4) is 0 Å². The van der Waals surface area contributed by atoms with Crippen molar-refractivity contribution in [1.82, 2.24) is 4.90 Å². The zero-order valence-corrected chi connectivity index (χ0v) is 21.7. The highest BCUT2D eigenvalue weighted by Crippen LogP contribution is 2.45. The number of rotatable bonds is 19. The average Bonchev–Trinajstić information content (AvgIpc) is 2.58. The molecule has 2 atom stereocenters. The van der Waals surface area contributed by atoms with Crippen molar-refractivity contribution in [3.05, 3.63) is 0 Å². The maximum atomic E-state index is 13.0. The summed E-state index contributed by atoms with van der Waals surface area (Å²) in [5.74, 6) is 0.302. The van der Waals surface area contributed by atoms with Crippen LogP contribution in [0.15, 0.2) is 0 Å². The summed E-state index contributed by atoms with van der Waals surface area (Å²) in [7, 11) is -3.10. The van der Waals surface area contributed by atoms with Crippen LogP contribution in [-0.4, -0.2) is 35.3 Å². The fourth-order valence-electron chi connectivity index (χ4n) is 4.45. The molecule has 0 rings (SSSR count). The Hall–Kier alpha value is 0.150. The second kappa shape index (κ2) is 16.8. The molecule has 0 aromatic carbocycles. The molecule has 0 radical (unpaired) electrons. The van der Waals surface area contributed by atoms with Crippen LogP contribution in [0.2, 0.25) is 0 Å². The zero-order chi connectivity index (χ0) is 22.2. The molecule has 0 aliphatic carbocycles. The van der Waals surface area contributed by atoms with E-state index in [0.29, 0.717) is 18.4 Å². The van der Waals surface area contributed by atoms with Crippen LogP contribution < -0.4 is 0 Å². The first-order chi connectivity index (χ1) is 13.6. The van der Waals surface area contributed by atoms with Crippen molar-refractivity contribution in [2.45, 2.75) is 125 Å². The molecule has 176 valence electrons. The Morgan fingerprint density at radius 2 is 1.21 bits per heavy atom. The quantitative estimate of drug-likeness (QED) is 0.165. The van der Waals surface area contributed by atoms with E-state index < -0.39 is 7.37 Å². The zero-order valence-electron chi connectivity index (χ0n) is 20.8. The Morgan fingerprint density at radius 3 is 1.62 bits per heavy atom. The van der Waals surface area contributed by atoms with Gasteiger partial charge in [0.25, 0.3) is 0 Å². The van der Waals surface area contributed by atoms with E-state index in [2.05, 4.69) is 46.4 Å². The molecule has 2 unspecified atom stereocenters. The van der Waals surface area contributed by atoms with E-state index in [9.17, 15) is 9.46 Å². The summed E-state index contributed by atoms with van der Waals surface area (Å²) in [6.07, 6.45) is 17.2. The maximum absolute atomic E-state index is 13.0. The van der Waals surface area contributed by atoms with Crippen LogP contribution in [0.1, 0.15) is 125 Å². The van der Waals surface area contributed by atoms with Gasteiger partial charge in [-0.1, -0.05) is 106 Å². The van der Waals surface area contributed by atoms with Gasteiger partial charge in [-0.3, -0.25) is 9.46 Å². The van der Waals surface area contributed by atoms with E-state index in [4.69, 9.17) is 0 Å². The summed E-state index contributed by atoms with van der Waals surface area (Å²) in [6, 6.07) is 0.